The maximum Gasteiger partial charge on any atom is 0.240 e. The Labute approximate surface area is 167 Å². The number of nitrogens with zero attached hydrogens (tertiary/aromatic N) is 2. The van der Waals surface area contributed by atoms with Crippen LogP contribution in [-0.4, -0.2) is 84.2 Å². The van der Waals surface area contributed by atoms with E-state index in [2.05, 4.69) is 9.62 Å². The van der Waals surface area contributed by atoms with E-state index in [1.54, 1.807) is 38.2 Å². The van der Waals surface area contributed by atoms with Crippen LogP contribution in [0.15, 0.2) is 29.2 Å². The van der Waals surface area contributed by atoms with Gasteiger partial charge in [-0.2, -0.15) is 0 Å². The minimum atomic E-state index is -3.57. The molecular formula is C19H31N3O5S. The molecule has 9 heteroatoms. The van der Waals surface area contributed by atoms with Crippen molar-refractivity contribution in [1.29, 1.82) is 0 Å². The predicted octanol–water partition coefficient (Wildman–Crippen LogP) is 0.933. The minimum absolute atomic E-state index is 0.0859. The number of sulfonamides is 1. The molecule has 0 saturated carbocycles. The number of rotatable bonds is 11. The molecule has 1 atom stereocenters. The summed E-state index contributed by atoms with van der Waals surface area (Å²) in [5, 5.41) is 0. The fraction of sp³-hybridized carbons (Fsp3) is 0.632. The molecule has 1 heterocycles. The highest BCUT2D eigenvalue weighted by atomic mass is 32.2. The number of benzene rings is 1. The van der Waals surface area contributed by atoms with Crippen molar-refractivity contribution in [3.8, 4) is 5.75 Å². The van der Waals surface area contributed by atoms with E-state index in [1.165, 1.54) is 12.1 Å². The van der Waals surface area contributed by atoms with Crippen LogP contribution < -0.4 is 9.46 Å². The second kappa shape index (κ2) is 10.8. The second-order valence-corrected chi connectivity index (χ2v) is 8.76. The van der Waals surface area contributed by atoms with Crippen molar-refractivity contribution >= 4 is 15.9 Å². The van der Waals surface area contributed by atoms with Gasteiger partial charge in [-0.3, -0.25) is 9.69 Å². The number of methoxy groups -OCH3 is 1. The van der Waals surface area contributed by atoms with Crippen LogP contribution >= 0.6 is 0 Å². The molecule has 1 aromatic rings. The Balaban J connectivity index is 1.79. The van der Waals surface area contributed by atoms with Gasteiger partial charge in [-0.1, -0.05) is 0 Å². The third-order valence-electron chi connectivity index (χ3n) is 4.69. The lowest BCUT2D eigenvalue weighted by Crippen LogP contribution is -2.43. The molecule has 2 rings (SSSR count). The number of hydrogen-bond acceptors (Lipinski definition) is 6. The summed E-state index contributed by atoms with van der Waals surface area (Å²) in [6.07, 6.45) is 2.50. The summed E-state index contributed by atoms with van der Waals surface area (Å²) in [7, 11) is 1.56. The quantitative estimate of drug-likeness (QED) is 0.543. The van der Waals surface area contributed by atoms with E-state index >= 15 is 0 Å². The highest BCUT2D eigenvalue weighted by molar-refractivity contribution is 7.89. The number of nitrogens with one attached hydrogen (secondary N) is 1. The van der Waals surface area contributed by atoms with Crippen molar-refractivity contribution < 1.29 is 22.7 Å². The number of ether oxygens (including phenoxy) is 2. The Hall–Kier alpha value is -1.68. The van der Waals surface area contributed by atoms with E-state index in [4.69, 9.17) is 9.47 Å². The first-order valence-corrected chi connectivity index (χ1v) is 11.0. The van der Waals surface area contributed by atoms with Gasteiger partial charge in [0, 0.05) is 34.3 Å². The van der Waals surface area contributed by atoms with Crippen molar-refractivity contribution in [3.05, 3.63) is 24.3 Å². The molecule has 1 unspecified atom stereocenters. The van der Waals surface area contributed by atoms with Gasteiger partial charge < -0.3 is 14.4 Å². The van der Waals surface area contributed by atoms with Crippen molar-refractivity contribution in [3.63, 3.8) is 0 Å². The van der Waals surface area contributed by atoms with Gasteiger partial charge in [0.1, 0.15) is 12.4 Å². The second-order valence-electron chi connectivity index (χ2n) is 6.99. The van der Waals surface area contributed by atoms with E-state index in [0.29, 0.717) is 38.5 Å². The van der Waals surface area contributed by atoms with Crippen LogP contribution in [0.2, 0.25) is 0 Å². The lowest BCUT2D eigenvalue weighted by molar-refractivity contribution is -0.133. The van der Waals surface area contributed by atoms with Crippen molar-refractivity contribution in [2.45, 2.75) is 30.2 Å². The Bertz CT molecular complexity index is 722. The zero-order valence-electron chi connectivity index (χ0n) is 16.9. The van der Waals surface area contributed by atoms with Crippen molar-refractivity contribution in [2.24, 2.45) is 0 Å². The normalized spacial score (nSPS) is 17.6. The zero-order valence-corrected chi connectivity index (χ0v) is 17.7. The first-order chi connectivity index (χ1) is 13.3. The van der Waals surface area contributed by atoms with Crippen LogP contribution in [0.4, 0.5) is 0 Å². The molecule has 28 heavy (non-hydrogen) atoms. The van der Waals surface area contributed by atoms with Gasteiger partial charge in [-0.05, 0) is 50.1 Å². The van der Waals surface area contributed by atoms with Crippen molar-refractivity contribution in [2.75, 3.05) is 54.1 Å². The molecule has 0 radical (unpaired) electrons. The van der Waals surface area contributed by atoms with Crippen LogP contribution in [0.1, 0.15) is 19.3 Å². The summed E-state index contributed by atoms with van der Waals surface area (Å²) in [6.45, 7) is 2.78. The van der Waals surface area contributed by atoms with Gasteiger partial charge in [-0.25, -0.2) is 13.1 Å². The standard InChI is InChI=1S/C19H31N3O5S/c1-21(2)19(23)18-6-4-12-22(18)13-5-11-20-28(24,25)17-9-7-16(8-10-17)27-15-14-26-3/h7-10,18,20H,4-6,11-15H2,1-3H3. The molecule has 0 aliphatic carbocycles. The van der Waals surface area contributed by atoms with Gasteiger partial charge in [0.2, 0.25) is 15.9 Å². The molecule has 158 valence electrons. The number of carbonyl (C=O) groups excluding carboxylic acids is 1. The van der Waals surface area contributed by atoms with Gasteiger partial charge in [0.25, 0.3) is 0 Å². The summed E-state index contributed by atoms with van der Waals surface area (Å²) < 4.78 is 37.8. The number of likely N-dealkylation sites (N-methyl/N-ethyl adjacent to an activating group) is 1. The predicted molar refractivity (Wildman–Crippen MR) is 107 cm³/mol. The third-order valence-corrected chi connectivity index (χ3v) is 6.17. The molecule has 1 aromatic carbocycles. The average molecular weight is 414 g/mol. The lowest BCUT2D eigenvalue weighted by Gasteiger charge is -2.26. The summed E-state index contributed by atoms with van der Waals surface area (Å²) in [5.74, 6) is 0.715. The van der Waals surface area contributed by atoms with E-state index in [0.717, 1.165) is 19.4 Å². The van der Waals surface area contributed by atoms with E-state index in [-0.39, 0.29) is 16.8 Å². The minimum Gasteiger partial charge on any atom is -0.491 e. The molecule has 0 bridgehead atoms. The Kier molecular flexibility index (Phi) is 8.68. The lowest BCUT2D eigenvalue weighted by atomic mass is 10.2. The molecule has 0 aromatic heterocycles. The summed E-state index contributed by atoms with van der Waals surface area (Å²) in [5.41, 5.74) is 0. The maximum absolute atomic E-state index is 12.4. The van der Waals surface area contributed by atoms with E-state index in [1.807, 2.05) is 0 Å². The van der Waals surface area contributed by atoms with Crippen molar-refractivity contribution in [1.82, 2.24) is 14.5 Å². The summed E-state index contributed by atoms with van der Waals surface area (Å²) >= 11 is 0. The Morgan fingerprint density at radius 1 is 1.25 bits per heavy atom. The fourth-order valence-electron chi connectivity index (χ4n) is 3.20. The third kappa shape index (κ3) is 6.44. The SMILES string of the molecule is COCCOc1ccc(S(=O)(=O)NCCCN2CCCC2C(=O)N(C)C)cc1. The highest BCUT2D eigenvalue weighted by Crippen LogP contribution is 2.19. The molecule has 1 aliphatic rings. The van der Waals surface area contributed by atoms with Crippen LogP contribution in [0.5, 0.6) is 5.75 Å². The Morgan fingerprint density at radius 3 is 2.61 bits per heavy atom. The van der Waals surface area contributed by atoms with Gasteiger partial charge >= 0.3 is 0 Å². The average Bonchev–Trinajstić information content (AvgIpc) is 3.13. The topological polar surface area (TPSA) is 88.2 Å². The Morgan fingerprint density at radius 2 is 1.96 bits per heavy atom. The van der Waals surface area contributed by atoms with Gasteiger partial charge in [0.05, 0.1) is 17.5 Å². The summed E-state index contributed by atoms with van der Waals surface area (Å²) in [4.78, 5) is 16.2. The van der Waals surface area contributed by atoms with Gasteiger partial charge in [0.15, 0.2) is 0 Å². The smallest absolute Gasteiger partial charge is 0.240 e. The van der Waals surface area contributed by atoms with Crippen LogP contribution in [0.25, 0.3) is 0 Å². The molecular weight excluding hydrogens is 382 g/mol. The summed E-state index contributed by atoms with van der Waals surface area (Å²) in [6, 6.07) is 6.22. The van der Waals surface area contributed by atoms with E-state index < -0.39 is 10.0 Å². The first kappa shape index (κ1) is 22.6. The van der Waals surface area contributed by atoms with Crippen LogP contribution in [0, 0.1) is 0 Å². The molecule has 1 aliphatic heterocycles. The number of hydrogen-bond donors (Lipinski definition) is 1. The number of carbonyl (C=O) groups is 1. The first-order valence-electron chi connectivity index (χ1n) is 9.52. The highest BCUT2D eigenvalue weighted by Gasteiger charge is 2.31. The molecule has 1 N–H and O–H groups in total. The molecule has 8 nitrogen and oxygen atoms in total. The number of likely N-dealkylation sites (tertiary alicyclic amines) is 1. The fourth-order valence-corrected chi connectivity index (χ4v) is 4.28. The van der Waals surface area contributed by atoms with E-state index in [9.17, 15) is 13.2 Å². The largest absolute Gasteiger partial charge is 0.491 e. The molecule has 1 saturated heterocycles. The van der Waals surface area contributed by atoms with Crippen LogP contribution in [-0.2, 0) is 19.6 Å². The molecule has 1 amide bonds. The molecule has 0 spiro atoms. The monoisotopic (exact) mass is 413 g/mol. The van der Waals surface area contributed by atoms with Gasteiger partial charge in [-0.15, -0.1) is 0 Å². The number of amides is 1. The maximum atomic E-state index is 12.4. The molecule has 1 fully saturated rings. The van der Waals surface area contributed by atoms with Crippen LogP contribution in [0.3, 0.4) is 0 Å². The zero-order chi connectivity index (χ0) is 20.6.